The SMILES string of the molecule is Cc1cccc(N(CCC(N)=O)C(=O)c2ccc(N3CC=CC3)cc2)c1. The second-order valence-corrected chi connectivity index (χ2v) is 6.44. The van der Waals surface area contributed by atoms with E-state index in [1.54, 1.807) is 4.90 Å². The molecule has 0 radical (unpaired) electrons. The minimum Gasteiger partial charge on any atom is -0.370 e. The largest absolute Gasteiger partial charge is 0.370 e. The molecule has 1 aliphatic rings. The lowest BCUT2D eigenvalue weighted by Gasteiger charge is -2.23. The van der Waals surface area contributed by atoms with E-state index in [0.29, 0.717) is 5.56 Å². The van der Waals surface area contributed by atoms with Crippen molar-refractivity contribution < 1.29 is 9.59 Å². The van der Waals surface area contributed by atoms with Crippen molar-refractivity contribution in [1.29, 1.82) is 0 Å². The molecule has 0 atom stereocenters. The van der Waals surface area contributed by atoms with Gasteiger partial charge < -0.3 is 15.5 Å². The lowest BCUT2D eigenvalue weighted by atomic mass is 10.1. The summed E-state index contributed by atoms with van der Waals surface area (Å²) in [5.41, 5.74) is 8.79. The van der Waals surface area contributed by atoms with E-state index in [1.165, 1.54) is 0 Å². The number of aryl methyl sites for hydroxylation is 1. The van der Waals surface area contributed by atoms with Gasteiger partial charge in [-0.3, -0.25) is 9.59 Å². The van der Waals surface area contributed by atoms with Crippen LogP contribution in [0.1, 0.15) is 22.3 Å². The third kappa shape index (κ3) is 4.11. The summed E-state index contributed by atoms with van der Waals surface area (Å²) in [6, 6.07) is 15.3. The Hall–Kier alpha value is -3.08. The number of hydrogen-bond acceptors (Lipinski definition) is 3. The Kier molecular flexibility index (Phi) is 5.37. The Bertz CT molecular complexity index is 819. The molecule has 26 heavy (non-hydrogen) atoms. The summed E-state index contributed by atoms with van der Waals surface area (Å²) in [6.45, 7) is 4.01. The zero-order chi connectivity index (χ0) is 18.5. The second kappa shape index (κ2) is 7.87. The van der Waals surface area contributed by atoms with Gasteiger partial charge in [-0.05, 0) is 48.9 Å². The van der Waals surface area contributed by atoms with Crippen LogP contribution in [0.15, 0.2) is 60.7 Å². The standard InChI is InChI=1S/C21H23N3O2/c1-16-5-4-6-19(15-16)24(14-11-20(22)25)21(26)17-7-9-18(10-8-17)23-12-2-3-13-23/h2-10,15H,11-14H2,1H3,(H2,22,25). The van der Waals surface area contributed by atoms with Gasteiger partial charge in [0.25, 0.3) is 5.91 Å². The fraction of sp³-hybridized carbons (Fsp3) is 0.238. The molecule has 2 N–H and O–H groups in total. The molecule has 5 heteroatoms. The van der Waals surface area contributed by atoms with E-state index in [9.17, 15) is 9.59 Å². The maximum absolute atomic E-state index is 13.0. The molecule has 0 saturated carbocycles. The first-order valence-electron chi connectivity index (χ1n) is 8.71. The van der Waals surface area contributed by atoms with Gasteiger partial charge in [0.2, 0.25) is 5.91 Å². The monoisotopic (exact) mass is 349 g/mol. The predicted octanol–water partition coefficient (Wildman–Crippen LogP) is 2.89. The highest BCUT2D eigenvalue weighted by molar-refractivity contribution is 6.06. The van der Waals surface area contributed by atoms with Crippen molar-refractivity contribution in [2.75, 3.05) is 29.4 Å². The maximum atomic E-state index is 13.0. The Morgan fingerprint density at radius 3 is 2.38 bits per heavy atom. The maximum Gasteiger partial charge on any atom is 0.258 e. The van der Waals surface area contributed by atoms with Crippen LogP contribution in [-0.2, 0) is 4.79 Å². The number of hydrogen-bond donors (Lipinski definition) is 1. The van der Waals surface area contributed by atoms with Crippen LogP contribution < -0.4 is 15.5 Å². The molecule has 2 aromatic rings. The number of rotatable bonds is 6. The summed E-state index contributed by atoms with van der Waals surface area (Å²) in [5.74, 6) is -0.560. The van der Waals surface area contributed by atoms with Crippen LogP contribution in [0.25, 0.3) is 0 Å². The molecule has 0 unspecified atom stereocenters. The summed E-state index contributed by atoms with van der Waals surface area (Å²) < 4.78 is 0. The number of nitrogens with two attached hydrogens (primary N) is 1. The Balaban J connectivity index is 1.83. The molecule has 0 aromatic heterocycles. The normalized spacial score (nSPS) is 13.0. The van der Waals surface area contributed by atoms with Crippen molar-refractivity contribution in [2.45, 2.75) is 13.3 Å². The van der Waals surface area contributed by atoms with Crippen LogP contribution in [0, 0.1) is 6.92 Å². The average molecular weight is 349 g/mol. The van der Waals surface area contributed by atoms with E-state index in [-0.39, 0.29) is 18.9 Å². The summed E-state index contributed by atoms with van der Waals surface area (Å²) in [5, 5.41) is 0. The van der Waals surface area contributed by atoms with E-state index in [0.717, 1.165) is 30.0 Å². The van der Waals surface area contributed by atoms with Gasteiger partial charge in [0.15, 0.2) is 0 Å². The molecule has 3 rings (SSSR count). The molecule has 134 valence electrons. The average Bonchev–Trinajstić information content (AvgIpc) is 3.16. The first-order valence-corrected chi connectivity index (χ1v) is 8.71. The second-order valence-electron chi connectivity index (χ2n) is 6.44. The molecule has 1 aliphatic heterocycles. The van der Waals surface area contributed by atoms with Crippen LogP contribution in [0.3, 0.4) is 0 Å². The van der Waals surface area contributed by atoms with Crippen LogP contribution in [0.2, 0.25) is 0 Å². The van der Waals surface area contributed by atoms with Crippen molar-refractivity contribution in [3.8, 4) is 0 Å². The predicted molar refractivity (Wildman–Crippen MR) is 104 cm³/mol. The summed E-state index contributed by atoms with van der Waals surface area (Å²) in [6.07, 6.45) is 4.38. The molecule has 0 spiro atoms. The number of nitrogens with zero attached hydrogens (tertiary/aromatic N) is 2. The molecular formula is C21H23N3O2. The van der Waals surface area contributed by atoms with Crippen LogP contribution in [-0.4, -0.2) is 31.4 Å². The molecule has 0 fully saturated rings. The van der Waals surface area contributed by atoms with Crippen LogP contribution >= 0.6 is 0 Å². The van der Waals surface area contributed by atoms with Gasteiger partial charge in [0.05, 0.1) is 0 Å². The Labute approximate surface area is 153 Å². The van der Waals surface area contributed by atoms with Crippen molar-refractivity contribution in [3.05, 3.63) is 71.8 Å². The van der Waals surface area contributed by atoms with Gasteiger partial charge in [-0.2, -0.15) is 0 Å². The van der Waals surface area contributed by atoms with Gasteiger partial charge in [0.1, 0.15) is 0 Å². The van der Waals surface area contributed by atoms with E-state index in [2.05, 4.69) is 17.1 Å². The van der Waals surface area contributed by atoms with Gasteiger partial charge >= 0.3 is 0 Å². The highest BCUT2D eigenvalue weighted by Crippen LogP contribution is 2.22. The molecular weight excluding hydrogens is 326 g/mol. The topological polar surface area (TPSA) is 66.6 Å². The van der Waals surface area contributed by atoms with Gasteiger partial charge in [-0.25, -0.2) is 0 Å². The van der Waals surface area contributed by atoms with Gasteiger partial charge in [-0.1, -0.05) is 24.3 Å². The molecule has 5 nitrogen and oxygen atoms in total. The van der Waals surface area contributed by atoms with Crippen LogP contribution in [0.5, 0.6) is 0 Å². The smallest absolute Gasteiger partial charge is 0.258 e. The quantitative estimate of drug-likeness (QED) is 0.816. The zero-order valence-electron chi connectivity index (χ0n) is 14.9. The summed E-state index contributed by atoms with van der Waals surface area (Å²) in [7, 11) is 0. The minimum atomic E-state index is -0.424. The fourth-order valence-electron chi connectivity index (χ4n) is 3.03. The number of amides is 2. The number of anilines is 2. The number of benzene rings is 2. The molecule has 0 saturated heterocycles. The highest BCUT2D eigenvalue weighted by atomic mass is 16.2. The van der Waals surface area contributed by atoms with Crippen molar-refractivity contribution >= 4 is 23.2 Å². The fourth-order valence-corrected chi connectivity index (χ4v) is 3.03. The molecule has 1 heterocycles. The number of primary amides is 1. The molecule has 2 aromatic carbocycles. The van der Waals surface area contributed by atoms with E-state index in [1.807, 2.05) is 55.5 Å². The van der Waals surface area contributed by atoms with Gasteiger partial charge in [-0.15, -0.1) is 0 Å². The third-order valence-corrected chi connectivity index (χ3v) is 4.44. The third-order valence-electron chi connectivity index (χ3n) is 4.44. The molecule has 0 bridgehead atoms. The summed E-state index contributed by atoms with van der Waals surface area (Å²) >= 11 is 0. The highest BCUT2D eigenvalue weighted by Gasteiger charge is 2.19. The Morgan fingerprint density at radius 1 is 1.08 bits per heavy atom. The zero-order valence-corrected chi connectivity index (χ0v) is 14.9. The first-order chi connectivity index (χ1) is 12.5. The Morgan fingerprint density at radius 2 is 1.77 bits per heavy atom. The minimum absolute atomic E-state index is 0.122. The van der Waals surface area contributed by atoms with E-state index >= 15 is 0 Å². The first kappa shape index (κ1) is 17.7. The molecule has 0 aliphatic carbocycles. The lowest BCUT2D eigenvalue weighted by molar-refractivity contribution is -0.117. The summed E-state index contributed by atoms with van der Waals surface area (Å²) in [4.78, 5) is 28.1. The van der Waals surface area contributed by atoms with Crippen molar-refractivity contribution in [2.24, 2.45) is 5.73 Å². The van der Waals surface area contributed by atoms with E-state index < -0.39 is 5.91 Å². The number of carbonyl (C=O) groups excluding carboxylic acids is 2. The van der Waals surface area contributed by atoms with Crippen molar-refractivity contribution in [1.82, 2.24) is 0 Å². The molecule has 2 amide bonds. The number of carbonyl (C=O) groups is 2. The van der Waals surface area contributed by atoms with E-state index in [4.69, 9.17) is 5.73 Å². The van der Waals surface area contributed by atoms with Crippen LogP contribution in [0.4, 0.5) is 11.4 Å². The van der Waals surface area contributed by atoms with Crippen molar-refractivity contribution in [3.63, 3.8) is 0 Å². The lowest BCUT2D eigenvalue weighted by Crippen LogP contribution is -2.34. The van der Waals surface area contributed by atoms with Gasteiger partial charge in [0, 0.05) is 43.0 Å².